The fourth-order valence-corrected chi connectivity index (χ4v) is 3.18. The highest BCUT2D eigenvalue weighted by molar-refractivity contribution is 5.89. The Morgan fingerprint density at radius 2 is 2.28 bits per heavy atom. The van der Waals surface area contributed by atoms with Crippen LogP contribution in [0.1, 0.15) is 40.4 Å². The largest absolute Gasteiger partial charge is 0.465 e. The molecule has 1 atom stereocenters. The molecule has 0 bridgehead atoms. The van der Waals surface area contributed by atoms with Crippen LogP contribution in [0.2, 0.25) is 0 Å². The Kier molecular flexibility index (Phi) is 2.82. The van der Waals surface area contributed by atoms with Gasteiger partial charge in [0.15, 0.2) is 0 Å². The van der Waals surface area contributed by atoms with Gasteiger partial charge < -0.3 is 4.74 Å². The molecule has 0 saturated carbocycles. The van der Waals surface area contributed by atoms with E-state index in [0.29, 0.717) is 5.56 Å². The molecular formula is C14H16FNO2. The SMILES string of the molecule is COC(=O)c1cc(F)c2c(c1)CCN1CCC[C@@H]21. The average molecular weight is 249 g/mol. The zero-order valence-electron chi connectivity index (χ0n) is 10.4. The van der Waals surface area contributed by atoms with Crippen molar-refractivity contribution >= 4 is 5.97 Å². The van der Waals surface area contributed by atoms with Crippen molar-refractivity contribution in [3.05, 3.63) is 34.6 Å². The smallest absolute Gasteiger partial charge is 0.337 e. The second-order valence-electron chi connectivity index (χ2n) is 4.97. The van der Waals surface area contributed by atoms with E-state index < -0.39 is 5.97 Å². The van der Waals surface area contributed by atoms with Crippen molar-refractivity contribution in [2.24, 2.45) is 0 Å². The summed E-state index contributed by atoms with van der Waals surface area (Å²) in [6.45, 7) is 2.02. The van der Waals surface area contributed by atoms with E-state index in [4.69, 9.17) is 0 Å². The Labute approximate surface area is 106 Å². The molecule has 0 amide bonds. The van der Waals surface area contributed by atoms with Crippen molar-refractivity contribution in [3.8, 4) is 0 Å². The van der Waals surface area contributed by atoms with Crippen LogP contribution in [0.15, 0.2) is 12.1 Å². The molecule has 1 saturated heterocycles. The highest BCUT2D eigenvalue weighted by Crippen LogP contribution is 2.39. The van der Waals surface area contributed by atoms with Gasteiger partial charge in [-0.15, -0.1) is 0 Å². The molecule has 3 rings (SSSR count). The maximum atomic E-state index is 14.2. The summed E-state index contributed by atoms with van der Waals surface area (Å²) in [6, 6.07) is 3.31. The Hall–Kier alpha value is -1.42. The second kappa shape index (κ2) is 4.35. The van der Waals surface area contributed by atoms with Gasteiger partial charge in [0.05, 0.1) is 12.7 Å². The lowest BCUT2D eigenvalue weighted by Gasteiger charge is -2.32. The third-order valence-corrected chi connectivity index (χ3v) is 4.00. The number of methoxy groups -OCH3 is 1. The lowest BCUT2D eigenvalue weighted by molar-refractivity contribution is 0.0599. The summed E-state index contributed by atoms with van der Waals surface area (Å²) in [7, 11) is 1.32. The van der Waals surface area contributed by atoms with Gasteiger partial charge in [-0.3, -0.25) is 4.90 Å². The molecule has 2 aliphatic rings. The maximum absolute atomic E-state index is 14.2. The Morgan fingerprint density at radius 3 is 3.06 bits per heavy atom. The first-order valence-electron chi connectivity index (χ1n) is 6.35. The molecule has 0 aliphatic carbocycles. The summed E-state index contributed by atoms with van der Waals surface area (Å²) in [4.78, 5) is 13.8. The van der Waals surface area contributed by atoms with Crippen molar-refractivity contribution in [2.45, 2.75) is 25.3 Å². The molecule has 3 nitrogen and oxygen atoms in total. The van der Waals surface area contributed by atoms with Crippen molar-refractivity contribution < 1.29 is 13.9 Å². The van der Waals surface area contributed by atoms with Crippen LogP contribution in [0, 0.1) is 5.82 Å². The zero-order chi connectivity index (χ0) is 12.7. The minimum Gasteiger partial charge on any atom is -0.465 e. The van der Waals surface area contributed by atoms with E-state index in [1.54, 1.807) is 6.07 Å². The van der Waals surface area contributed by atoms with E-state index in [0.717, 1.165) is 43.5 Å². The van der Waals surface area contributed by atoms with Crippen molar-refractivity contribution in [1.82, 2.24) is 4.90 Å². The van der Waals surface area contributed by atoms with Gasteiger partial charge in [-0.1, -0.05) is 0 Å². The van der Waals surface area contributed by atoms with Crippen LogP contribution in [0.25, 0.3) is 0 Å². The minimum atomic E-state index is -0.467. The third kappa shape index (κ3) is 1.72. The molecule has 0 aromatic heterocycles. The van der Waals surface area contributed by atoms with Crippen LogP contribution < -0.4 is 0 Å². The molecule has 1 fully saturated rings. The second-order valence-corrected chi connectivity index (χ2v) is 4.97. The van der Waals surface area contributed by atoms with E-state index in [1.807, 2.05) is 0 Å². The quantitative estimate of drug-likeness (QED) is 0.715. The van der Waals surface area contributed by atoms with Crippen LogP contribution in [-0.2, 0) is 11.2 Å². The Morgan fingerprint density at radius 1 is 1.44 bits per heavy atom. The third-order valence-electron chi connectivity index (χ3n) is 4.00. The molecule has 1 aromatic carbocycles. The summed E-state index contributed by atoms with van der Waals surface area (Å²) in [5.74, 6) is -0.727. The van der Waals surface area contributed by atoms with Crippen LogP contribution in [0.5, 0.6) is 0 Å². The van der Waals surface area contributed by atoms with Gasteiger partial charge in [0, 0.05) is 18.2 Å². The number of hydrogen-bond acceptors (Lipinski definition) is 3. The first-order chi connectivity index (χ1) is 8.70. The molecule has 0 radical (unpaired) electrons. The number of halogens is 1. The van der Waals surface area contributed by atoms with Crippen molar-refractivity contribution in [3.63, 3.8) is 0 Å². The van der Waals surface area contributed by atoms with Gasteiger partial charge >= 0.3 is 5.97 Å². The first-order valence-corrected chi connectivity index (χ1v) is 6.35. The zero-order valence-corrected chi connectivity index (χ0v) is 10.4. The number of hydrogen-bond donors (Lipinski definition) is 0. The summed E-state index contributed by atoms with van der Waals surface area (Å²) in [5.41, 5.74) is 2.09. The summed E-state index contributed by atoms with van der Waals surface area (Å²) in [6.07, 6.45) is 2.96. The van der Waals surface area contributed by atoms with E-state index >= 15 is 0 Å². The number of rotatable bonds is 1. The lowest BCUT2D eigenvalue weighted by Crippen LogP contribution is -2.32. The maximum Gasteiger partial charge on any atom is 0.337 e. The molecule has 18 heavy (non-hydrogen) atoms. The number of nitrogens with zero attached hydrogens (tertiary/aromatic N) is 1. The molecule has 2 heterocycles. The minimum absolute atomic E-state index is 0.209. The van der Waals surface area contributed by atoms with E-state index in [9.17, 15) is 9.18 Å². The Balaban J connectivity index is 2.05. The van der Waals surface area contributed by atoms with Crippen LogP contribution in [0.4, 0.5) is 4.39 Å². The normalized spacial score (nSPS) is 22.4. The first kappa shape index (κ1) is 11.7. The van der Waals surface area contributed by atoms with Gasteiger partial charge in [-0.05, 0) is 43.5 Å². The number of fused-ring (bicyclic) bond motifs is 3. The lowest BCUT2D eigenvalue weighted by atomic mass is 9.90. The predicted molar refractivity (Wildman–Crippen MR) is 65.0 cm³/mol. The molecular weight excluding hydrogens is 233 g/mol. The molecule has 0 unspecified atom stereocenters. The van der Waals surface area contributed by atoms with Gasteiger partial charge in [0.1, 0.15) is 5.82 Å². The summed E-state index contributed by atoms with van der Waals surface area (Å²) in [5, 5.41) is 0. The number of benzene rings is 1. The van der Waals surface area contributed by atoms with Crippen molar-refractivity contribution in [2.75, 3.05) is 20.2 Å². The molecule has 96 valence electrons. The van der Waals surface area contributed by atoms with Gasteiger partial charge in [0.25, 0.3) is 0 Å². The molecule has 4 heteroatoms. The van der Waals surface area contributed by atoms with E-state index in [-0.39, 0.29) is 11.9 Å². The van der Waals surface area contributed by atoms with Crippen LogP contribution in [-0.4, -0.2) is 31.1 Å². The summed E-state index contributed by atoms with van der Waals surface area (Å²) >= 11 is 0. The van der Waals surface area contributed by atoms with Gasteiger partial charge in [0.2, 0.25) is 0 Å². The highest BCUT2D eigenvalue weighted by atomic mass is 19.1. The number of carbonyl (C=O) groups excluding carboxylic acids is 1. The van der Waals surface area contributed by atoms with Crippen LogP contribution in [0.3, 0.4) is 0 Å². The highest BCUT2D eigenvalue weighted by Gasteiger charge is 2.33. The number of esters is 1. The average Bonchev–Trinajstić information content (AvgIpc) is 2.85. The summed E-state index contributed by atoms with van der Waals surface area (Å²) < 4.78 is 18.9. The number of ether oxygens (including phenoxy) is 1. The predicted octanol–water partition coefficient (Wildman–Crippen LogP) is 2.31. The monoisotopic (exact) mass is 249 g/mol. The van der Waals surface area contributed by atoms with E-state index in [1.165, 1.54) is 13.2 Å². The molecule has 1 aromatic rings. The standard InChI is InChI=1S/C14H16FNO2/c1-18-14(17)10-7-9-4-6-16-5-2-3-12(16)13(9)11(15)8-10/h7-8,12H,2-6H2,1H3/t12-/m0/s1. The fourth-order valence-electron chi connectivity index (χ4n) is 3.18. The molecule has 2 aliphatic heterocycles. The molecule has 0 N–H and O–H groups in total. The topological polar surface area (TPSA) is 29.5 Å². The van der Waals surface area contributed by atoms with E-state index in [2.05, 4.69) is 9.64 Å². The fraction of sp³-hybridized carbons (Fsp3) is 0.500. The van der Waals surface area contributed by atoms with Crippen LogP contribution >= 0.6 is 0 Å². The van der Waals surface area contributed by atoms with Gasteiger partial charge in [-0.25, -0.2) is 9.18 Å². The Bertz CT molecular complexity index is 501. The van der Waals surface area contributed by atoms with Gasteiger partial charge in [-0.2, -0.15) is 0 Å². The van der Waals surface area contributed by atoms with Crippen molar-refractivity contribution in [1.29, 1.82) is 0 Å². The molecule has 0 spiro atoms. The number of carbonyl (C=O) groups is 1.